The molecule has 4 aromatic heterocycles. The highest BCUT2D eigenvalue weighted by Crippen LogP contribution is 2.27. The van der Waals surface area contributed by atoms with Gasteiger partial charge in [-0.1, -0.05) is 6.07 Å². The Morgan fingerprint density at radius 1 is 1.08 bits per heavy atom. The molecule has 4 aromatic rings. The number of piperazine rings is 1. The summed E-state index contributed by atoms with van der Waals surface area (Å²) in [7, 11) is 0. The van der Waals surface area contributed by atoms with Crippen LogP contribution in [0.4, 0.5) is 16.2 Å². The van der Waals surface area contributed by atoms with Gasteiger partial charge in [-0.15, -0.1) is 0 Å². The van der Waals surface area contributed by atoms with Crippen LogP contribution in [0.3, 0.4) is 0 Å². The molecule has 10 nitrogen and oxygen atoms in total. The Kier molecular flexibility index (Phi) is 6.96. The monoisotopic (exact) mass is 531 g/mol. The third-order valence-corrected chi connectivity index (χ3v) is 7.58. The first-order valence-corrected chi connectivity index (χ1v) is 13.5. The van der Waals surface area contributed by atoms with Crippen LogP contribution in [0.2, 0.25) is 0 Å². The van der Waals surface area contributed by atoms with E-state index in [1.807, 2.05) is 25.3 Å². The fraction of sp³-hybridized carbons (Fsp3) is 0.464. The van der Waals surface area contributed by atoms with Gasteiger partial charge in [0.05, 0.1) is 31.0 Å². The number of rotatable bonds is 7. The summed E-state index contributed by atoms with van der Waals surface area (Å²) in [5.41, 5.74) is 3.36. The van der Waals surface area contributed by atoms with E-state index in [9.17, 15) is 4.39 Å². The molecule has 0 saturated carbocycles. The van der Waals surface area contributed by atoms with Gasteiger partial charge in [0, 0.05) is 56.2 Å². The molecule has 39 heavy (non-hydrogen) atoms. The molecule has 2 aliphatic rings. The fourth-order valence-corrected chi connectivity index (χ4v) is 5.61. The fourth-order valence-electron chi connectivity index (χ4n) is 5.61. The van der Waals surface area contributed by atoms with E-state index in [0.29, 0.717) is 29.1 Å². The SMILES string of the molecule is Cc1nc2ncc(-c3nc(Nc4ccc(CN5CCN(C6COC6)[C@@H](C)C5)cn4)ncc3F)cc2n1C(C)C. The zero-order chi connectivity index (χ0) is 27.1. The highest BCUT2D eigenvalue weighted by Gasteiger charge is 2.33. The number of hydrogen-bond acceptors (Lipinski definition) is 9. The molecule has 0 radical (unpaired) electrons. The van der Waals surface area contributed by atoms with Gasteiger partial charge in [0.2, 0.25) is 5.95 Å². The van der Waals surface area contributed by atoms with Crippen LogP contribution in [0.5, 0.6) is 0 Å². The standard InChI is InChI=1S/C28H34FN9O/c1-17(2)38-19(4)33-27-24(38)9-21(11-31-27)26-23(29)12-32-28(35-26)34-25-6-5-20(10-30-25)14-36-7-8-37(18(3)13-36)22-15-39-16-22/h5-6,9-12,17-18,22H,7-8,13-16H2,1-4H3,(H,30,32,34,35)/t18-/m0/s1. The molecule has 0 aliphatic carbocycles. The van der Waals surface area contributed by atoms with Crippen molar-refractivity contribution >= 4 is 22.9 Å². The number of aryl methyl sites for hydroxylation is 1. The van der Waals surface area contributed by atoms with E-state index in [1.54, 1.807) is 6.20 Å². The topological polar surface area (TPSA) is 97.1 Å². The lowest BCUT2D eigenvalue weighted by Gasteiger charge is -2.46. The number of hydrogen-bond donors (Lipinski definition) is 1. The molecule has 2 fully saturated rings. The summed E-state index contributed by atoms with van der Waals surface area (Å²) in [6, 6.07) is 7.14. The van der Waals surface area contributed by atoms with Crippen molar-refractivity contribution < 1.29 is 9.13 Å². The molecule has 0 amide bonds. The summed E-state index contributed by atoms with van der Waals surface area (Å²) in [6.07, 6.45) is 4.64. The van der Waals surface area contributed by atoms with Crippen LogP contribution in [-0.4, -0.2) is 84.2 Å². The van der Waals surface area contributed by atoms with Crippen LogP contribution < -0.4 is 5.32 Å². The smallest absolute Gasteiger partial charge is 0.229 e. The largest absolute Gasteiger partial charge is 0.378 e. The molecule has 6 rings (SSSR count). The van der Waals surface area contributed by atoms with Gasteiger partial charge in [-0.2, -0.15) is 0 Å². The maximum Gasteiger partial charge on any atom is 0.229 e. The van der Waals surface area contributed by atoms with Gasteiger partial charge in [-0.3, -0.25) is 9.80 Å². The van der Waals surface area contributed by atoms with Gasteiger partial charge in [0.1, 0.15) is 17.3 Å². The van der Waals surface area contributed by atoms with Gasteiger partial charge in [0.25, 0.3) is 0 Å². The second-order valence-electron chi connectivity index (χ2n) is 10.8. The first kappa shape index (κ1) is 25.7. The van der Waals surface area contributed by atoms with Crippen molar-refractivity contribution in [3.05, 3.63) is 54.0 Å². The highest BCUT2D eigenvalue weighted by atomic mass is 19.1. The quantitative estimate of drug-likeness (QED) is 0.380. The summed E-state index contributed by atoms with van der Waals surface area (Å²) in [5, 5.41) is 3.11. The number of ether oxygens (including phenoxy) is 1. The van der Waals surface area contributed by atoms with Crippen molar-refractivity contribution in [2.75, 3.05) is 38.2 Å². The average molecular weight is 532 g/mol. The van der Waals surface area contributed by atoms with E-state index in [4.69, 9.17) is 4.74 Å². The van der Waals surface area contributed by atoms with E-state index >= 15 is 0 Å². The van der Waals surface area contributed by atoms with Crippen LogP contribution >= 0.6 is 0 Å². The lowest BCUT2D eigenvalue weighted by Crippen LogP contribution is -2.60. The predicted molar refractivity (Wildman–Crippen MR) is 147 cm³/mol. The van der Waals surface area contributed by atoms with E-state index in [2.05, 4.69) is 71.4 Å². The van der Waals surface area contributed by atoms with E-state index in [1.165, 1.54) is 6.20 Å². The molecule has 0 bridgehead atoms. The first-order valence-electron chi connectivity index (χ1n) is 13.5. The van der Waals surface area contributed by atoms with Crippen molar-refractivity contribution in [1.29, 1.82) is 0 Å². The molecule has 0 unspecified atom stereocenters. The number of halogens is 1. The van der Waals surface area contributed by atoms with Gasteiger partial charge in [0.15, 0.2) is 11.5 Å². The summed E-state index contributed by atoms with van der Waals surface area (Å²) in [4.78, 5) is 27.2. The molecule has 0 aromatic carbocycles. The Bertz CT molecular complexity index is 1470. The van der Waals surface area contributed by atoms with Crippen LogP contribution in [0.15, 0.2) is 36.8 Å². The molecule has 1 N–H and O–H groups in total. The van der Waals surface area contributed by atoms with Crippen LogP contribution in [0, 0.1) is 12.7 Å². The summed E-state index contributed by atoms with van der Waals surface area (Å²) < 4.78 is 22.3. The Labute approximate surface area is 227 Å². The molecule has 11 heteroatoms. The van der Waals surface area contributed by atoms with Gasteiger partial charge >= 0.3 is 0 Å². The van der Waals surface area contributed by atoms with Crippen LogP contribution in [-0.2, 0) is 11.3 Å². The van der Waals surface area contributed by atoms with Gasteiger partial charge in [-0.25, -0.2) is 29.3 Å². The minimum atomic E-state index is -0.517. The predicted octanol–water partition coefficient (Wildman–Crippen LogP) is 3.96. The molecule has 6 heterocycles. The Hall–Kier alpha value is -3.54. The van der Waals surface area contributed by atoms with Crippen molar-refractivity contribution in [3.63, 3.8) is 0 Å². The Balaban J connectivity index is 1.14. The lowest BCUT2D eigenvalue weighted by molar-refractivity contribution is -0.0940. The van der Waals surface area contributed by atoms with E-state index in [-0.39, 0.29) is 17.7 Å². The van der Waals surface area contributed by atoms with Crippen molar-refractivity contribution in [3.8, 4) is 11.3 Å². The molecule has 1 atom stereocenters. The third-order valence-electron chi connectivity index (χ3n) is 7.58. The number of imidazole rings is 1. The zero-order valence-electron chi connectivity index (χ0n) is 22.8. The summed E-state index contributed by atoms with van der Waals surface area (Å²) in [5.74, 6) is 1.22. The number of pyridine rings is 2. The first-order chi connectivity index (χ1) is 18.9. The summed E-state index contributed by atoms with van der Waals surface area (Å²) in [6.45, 7) is 14.1. The van der Waals surface area contributed by atoms with Gasteiger partial charge in [-0.05, 0) is 45.4 Å². The number of nitrogens with zero attached hydrogens (tertiary/aromatic N) is 8. The Morgan fingerprint density at radius 2 is 1.92 bits per heavy atom. The molecule has 2 aliphatic heterocycles. The maximum absolute atomic E-state index is 14.8. The summed E-state index contributed by atoms with van der Waals surface area (Å²) >= 11 is 0. The van der Waals surface area contributed by atoms with Crippen LogP contribution in [0.25, 0.3) is 22.4 Å². The lowest BCUT2D eigenvalue weighted by atomic mass is 10.1. The number of fused-ring (bicyclic) bond motifs is 1. The molecule has 2 saturated heterocycles. The van der Waals surface area contributed by atoms with Crippen molar-refractivity contribution in [2.24, 2.45) is 0 Å². The van der Waals surface area contributed by atoms with Gasteiger partial charge < -0.3 is 14.6 Å². The van der Waals surface area contributed by atoms with Crippen molar-refractivity contribution in [2.45, 2.75) is 52.4 Å². The second kappa shape index (κ2) is 10.6. The molecular formula is C28H34FN9O. The zero-order valence-corrected chi connectivity index (χ0v) is 22.8. The Morgan fingerprint density at radius 3 is 2.62 bits per heavy atom. The number of anilines is 2. The number of aromatic nitrogens is 6. The maximum atomic E-state index is 14.8. The van der Waals surface area contributed by atoms with Crippen molar-refractivity contribution in [1.82, 2.24) is 39.3 Å². The minimum Gasteiger partial charge on any atom is -0.378 e. The second-order valence-corrected chi connectivity index (χ2v) is 10.8. The minimum absolute atomic E-state index is 0.175. The average Bonchev–Trinajstić information content (AvgIpc) is 3.22. The molecular weight excluding hydrogens is 497 g/mol. The number of nitrogens with one attached hydrogen (secondary N) is 1. The molecule has 204 valence electrons. The molecule has 0 spiro atoms. The van der Waals surface area contributed by atoms with Crippen LogP contribution in [0.1, 0.15) is 38.2 Å². The normalized spacial score (nSPS) is 19.1. The highest BCUT2D eigenvalue weighted by molar-refractivity contribution is 5.78. The van der Waals surface area contributed by atoms with E-state index in [0.717, 1.165) is 56.3 Å². The van der Waals surface area contributed by atoms with E-state index < -0.39 is 5.82 Å². The third kappa shape index (κ3) is 5.21.